The Morgan fingerprint density at radius 1 is 1.38 bits per heavy atom. The molecule has 13 heavy (non-hydrogen) atoms. The molecular weight excluding hydrogens is 166 g/mol. The minimum Gasteiger partial charge on any atom is -0.342 e. The third-order valence-electron chi connectivity index (χ3n) is 2.76. The zero-order chi connectivity index (χ0) is 9.26. The first kappa shape index (κ1) is 8.53. The van der Waals surface area contributed by atoms with Crippen molar-refractivity contribution in [3.05, 3.63) is 0 Å². The molecule has 0 spiro atoms. The van der Waals surface area contributed by atoms with Crippen LogP contribution in [0.5, 0.6) is 0 Å². The first-order valence-corrected chi connectivity index (χ1v) is 4.85. The first-order valence-electron chi connectivity index (χ1n) is 4.85. The van der Waals surface area contributed by atoms with Crippen molar-refractivity contribution in [2.75, 3.05) is 13.1 Å². The minimum atomic E-state index is 0.344. The Labute approximate surface area is 77.8 Å². The van der Waals surface area contributed by atoms with Crippen LogP contribution in [0.3, 0.4) is 0 Å². The number of likely N-dealkylation sites (tertiary alicyclic amines) is 1. The minimum absolute atomic E-state index is 0.344. The monoisotopic (exact) mass is 181 g/mol. The van der Waals surface area contributed by atoms with Gasteiger partial charge in [0, 0.05) is 37.6 Å². The van der Waals surface area contributed by atoms with Gasteiger partial charge < -0.3 is 10.7 Å². The van der Waals surface area contributed by atoms with Gasteiger partial charge in [-0.25, -0.2) is 0 Å². The van der Waals surface area contributed by atoms with Crippen molar-refractivity contribution in [2.24, 2.45) is 16.9 Å². The molecule has 2 fully saturated rings. The summed E-state index contributed by atoms with van der Waals surface area (Å²) in [7, 11) is 0. The highest BCUT2D eigenvalue weighted by Crippen LogP contribution is 2.31. The third kappa shape index (κ3) is 1.82. The van der Waals surface area contributed by atoms with Gasteiger partial charge in [-0.1, -0.05) is 0 Å². The number of hydrogen-bond donors (Lipinski definition) is 1. The fraction of sp³-hybridized carbons (Fsp3) is 0.778. The SMILES string of the molecule is NN=C1CCN(C(=O)C2CC2)CC1. The lowest BCUT2D eigenvalue weighted by molar-refractivity contribution is -0.132. The molecule has 4 nitrogen and oxygen atoms in total. The van der Waals surface area contributed by atoms with Gasteiger partial charge in [0.25, 0.3) is 0 Å². The van der Waals surface area contributed by atoms with Crippen molar-refractivity contribution in [3.63, 3.8) is 0 Å². The number of carbonyl (C=O) groups is 1. The summed E-state index contributed by atoms with van der Waals surface area (Å²) in [5, 5.41) is 3.68. The quantitative estimate of drug-likeness (QED) is 0.468. The molecule has 1 amide bonds. The predicted octanol–water partition coefficient (Wildman–Crippen LogP) is 0.333. The zero-order valence-corrected chi connectivity index (χ0v) is 7.70. The van der Waals surface area contributed by atoms with E-state index in [9.17, 15) is 4.79 Å². The number of amides is 1. The molecule has 1 aliphatic heterocycles. The maximum Gasteiger partial charge on any atom is 0.225 e. The van der Waals surface area contributed by atoms with Gasteiger partial charge in [0.1, 0.15) is 0 Å². The predicted molar refractivity (Wildman–Crippen MR) is 50.2 cm³/mol. The molecule has 1 heterocycles. The highest BCUT2D eigenvalue weighted by Gasteiger charge is 2.34. The average molecular weight is 181 g/mol. The molecule has 0 aromatic heterocycles. The van der Waals surface area contributed by atoms with Crippen LogP contribution < -0.4 is 5.84 Å². The van der Waals surface area contributed by atoms with Crippen LogP contribution in [0, 0.1) is 5.92 Å². The molecule has 4 heteroatoms. The topological polar surface area (TPSA) is 58.7 Å². The lowest BCUT2D eigenvalue weighted by Gasteiger charge is -2.27. The Balaban J connectivity index is 1.86. The number of nitrogens with zero attached hydrogens (tertiary/aromatic N) is 2. The van der Waals surface area contributed by atoms with Crippen LogP contribution in [0.15, 0.2) is 5.10 Å². The maximum absolute atomic E-state index is 11.6. The summed E-state index contributed by atoms with van der Waals surface area (Å²) in [5.74, 6) is 5.87. The van der Waals surface area contributed by atoms with Crippen LogP contribution in [0.1, 0.15) is 25.7 Å². The fourth-order valence-electron chi connectivity index (χ4n) is 1.70. The summed E-state index contributed by atoms with van der Waals surface area (Å²) < 4.78 is 0. The van der Waals surface area contributed by atoms with Gasteiger partial charge in [-0.05, 0) is 12.8 Å². The number of rotatable bonds is 1. The van der Waals surface area contributed by atoms with Crippen LogP contribution in [-0.2, 0) is 4.79 Å². The van der Waals surface area contributed by atoms with Crippen LogP contribution in [0.4, 0.5) is 0 Å². The molecule has 0 atom stereocenters. The van der Waals surface area contributed by atoms with Crippen LogP contribution in [0.2, 0.25) is 0 Å². The molecule has 0 bridgehead atoms. The number of carbonyl (C=O) groups excluding carboxylic acids is 1. The smallest absolute Gasteiger partial charge is 0.225 e. The van der Waals surface area contributed by atoms with E-state index in [4.69, 9.17) is 5.84 Å². The second kappa shape index (κ2) is 3.36. The Morgan fingerprint density at radius 2 is 2.00 bits per heavy atom. The van der Waals surface area contributed by atoms with Gasteiger partial charge in [-0.15, -0.1) is 0 Å². The molecule has 1 aliphatic carbocycles. The van der Waals surface area contributed by atoms with E-state index < -0.39 is 0 Å². The highest BCUT2D eigenvalue weighted by atomic mass is 16.2. The van der Waals surface area contributed by atoms with Crippen molar-refractivity contribution in [1.29, 1.82) is 0 Å². The van der Waals surface area contributed by atoms with Gasteiger partial charge in [0.2, 0.25) is 5.91 Å². The van der Waals surface area contributed by atoms with Crippen LogP contribution in [0.25, 0.3) is 0 Å². The molecule has 72 valence electrons. The summed E-state index contributed by atoms with van der Waals surface area (Å²) >= 11 is 0. The van der Waals surface area contributed by atoms with Crippen LogP contribution >= 0.6 is 0 Å². The van der Waals surface area contributed by atoms with Gasteiger partial charge >= 0.3 is 0 Å². The molecule has 0 aromatic carbocycles. The molecule has 0 radical (unpaired) electrons. The first-order chi connectivity index (χ1) is 6.31. The molecular formula is C9H15N3O. The van der Waals surface area contributed by atoms with Crippen LogP contribution in [-0.4, -0.2) is 29.6 Å². The van der Waals surface area contributed by atoms with Crippen molar-refractivity contribution in [2.45, 2.75) is 25.7 Å². The normalized spacial score (nSPS) is 23.1. The van der Waals surface area contributed by atoms with E-state index in [1.165, 1.54) is 0 Å². The third-order valence-corrected chi connectivity index (χ3v) is 2.76. The molecule has 2 rings (SSSR count). The summed E-state index contributed by atoms with van der Waals surface area (Å²) in [5.41, 5.74) is 1.04. The van der Waals surface area contributed by atoms with E-state index in [2.05, 4.69) is 5.10 Å². The largest absolute Gasteiger partial charge is 0.342 e. The summed E-state index contributed by atoms with van der Waals surface area (Å²) in [6, 6.07) is 0. The lowest BCUT2D eigenvalue weighted by atomic mass is 10.1. The average Bonchev–Trinajstić information content (AvgIpc) is 3.00. The van der Waals surface area contributed by atoms with Crippen molar-refractivity contribution in [1.82, 2.24) is 4.90 Å². The second-order valence-electron chi connectivity index (χ2n) is 3.79. The van der Waals surface area contributed by atoms with E-state index in [0.717, 1.165) is 44.5 Å². The highest BCUT2D eigenvalue weighted by molar-refractivity contribution is 5.88. The molecule has 0 aromatic rings. The van der Waals surface area contributed by atoms with Gasteiger partial charge in [-0.2, -0.15) is 5.10 Å². The Kier molecular flexibility index (Phi) is 2.20. The Morgan fingerprint density at radius 3 is 2.46 bits per heavy atom. The van der Waals surface area contributed by atoms with E-state index in [1.54, 1.807) is 0 Å². The van der Waals surface area contributed by atoms with Gasteiger partial charge in [-0.3, -0.25) is 4.79 Å². The number of hydrogen-bond acceptors (Lipinski definition) is 3. The fourth-order valence-corrected chi connectivity index (χ4v) is 1.70. The van der Waals surface area contributed by atoms with Crippen molar-refractivity contribution < 1.29 is 4.79 Å². The lowest BCUT2D eigenvalue weighted by Crippen LogP contribution is -2.39. The maximum atomic E-state index is 11.6. The Hall–Kier alpha value is -1.06. The molecule has 1 saturated carbocycles. The number of hydrazone groups is 1. The molecule has 2 N–H and O–H groups in total. The van der Waals surface area contributed by atoms with E-state index in [0.29, 0.717) is 11.8 Å². The van der Waals surface area contributed by atoms with Gasteiger partial charge in [0.05, 0.1) is 0 Å². The van der Waals surface area contributed by atoms with E-state index in [1.807, 2.05) is 4.90 Å². The standard InChI is InChI=1S/C9H15N3O/c10-11-8-3-5-12(6-4-8)9(13)7-1-2-7/h7H,1-6,10H2. The Bertz CT molecular complexity index is 235. The summed E-state index contributed by atoms with van der Waals surface area (Å²) in [6.07, 6.45) is 3.89. The summed E-state index contributed by atoms with van der Waals surface area (Å²) in [4.78, 5) is 13.6. The van der Waals surface area contributed by atoms with E-state index >= 15 is 0 Å². The molecule has 1 saturated heterocycles. The van der Waals surface area contributed by atoms with Gasteiger partial charge in [0.15, 0.2) is 0 Å². The van der Waals surface area contributed by atoms with Crippen molar-refractivity contribution in [3.8, 4) is 0 Å². The number of nitrogens with two attached hydrogens (primary N) is 1. The second-order valence-corrected chi connectivity index (χ2v) is 3.79. The molecule has 0 unspecified atom stereocenters. The number of piperidine rings is 1. The summed E-state index contributed by atoms with van der Waals surface area (Å²) in [6.45, 7) is 1.62. The molecule has 2 aliphatic rings. The van der Waals surface area contributed by atoms with Crippen molar-refractivity contribution >= 4 is 11.6 Å². The zero-order valence-electron chi connectivity index (χ0n) is 7.70. The van der Waals surface area contributed by atoms with E-state index in [-0.39, 0.29) is 0 Å².